The van der Waals surface area contributed by atoms with Crippen molar-refractivity contribution in [1.82, 2.24) is 20.2 Å². The molecule has 3 rings (SSSR count). The van der Waals surface area contributed by atoms with Crippen LogP contribution < -0.4 is 5.32 Å². The summed E-state index contributed by atoms with van der Waals surface area (Å²) in [7, 11) is 0. The van der Waals surface area contributed by atoms with E-state index in [0.29, 0.717) is 0 Å². The quantitative estimate of drug-likeness (QED) is 0.691. The highest BCUT2D eigenvalue weighted by atomic mass is 16.3. The third kappa shape index (κ3) is 1.51. The lowest BCUT2D eigenvalue weighted by Crippen LogP contribution is -2.48. The molecule has 16 heavy (non-hydrogen) atoms. The van der Waals surface area contributed by atoms with Gasteiger partial charge in [-0.25, -0.2) is 9.97 Å². The highest BCUT2D eigenvalue weighted by Crippen LogP contribution is 2.34. The Hall–Kier alpha value is -1.69. The predicted octanol–water partition coefficient (Wildman–Crippen LogP) is 0.678. The highest BCUT2D eigenvalue weighted by Gasteiger charge is 2.38. The minimum absolute atomic E-state index is 0.281. The van der Waals surface area contributed by atoms with Gasteiger partial charge in [-0.15, -0.1) is 0 Å². The second-order valence-electron chi connectivity index (χ2n) is 4.60. The zero-order valence-electron chi connectivity index (χ0n) is 8.94. The Morgan fingerprint density at radius 3 is 3.06 bits per heavy atom. The van der Waals surface area contributed by atoms with E-state index in [2.05, 4.69) is 25.5 Å². The van der Waals surface area contributed by atoms with E-state index in [1.54, 1.807) is 6.20 Å². The molecule has 0 aromatic carbocycles. The van der Waals surface area contributed by atoms with Crippen LogP contribution in [0.25, 0.3) is 11.0 Å². The molecule has 1 fully saturated rings. The summed E-state index contributed by atoms with van der Waals surface area (Å²) in [6, 6.07) is 0.281. The predicted molar refractivity (Wildman–Crippen MR) is 59.0 cm³/mol. The molecule has 1 aliphatic carbocycles. The first-order chi connectivity index (χ1) is 7.64. The van der Waals surface area contributed by atoms with Crippen molar-refractivity contribution in [3.05, 3.63) is 12.5 Å². The Bertz CT molecular complexity index is 513. The van der Waals surface area contributed by atoms with Crippen molar-refractivity contribution in [3.63, 3.8) is 0 Å². The Morgan fingerprint density at radius 1 is 1.50 bits per heavy atom. The lowest BCUT2D eigenvalue weighted by molar-refractivity contribution is -0.0234. The average Bonchev–Trinajstić information content (AvgIpc) is 2.63. The lowest BCUT2D eigenvalue weighted by atomic mass is 9.77. The molecule has 0 radical (unpaired) electrons. The van der Waals surface area contributed by atoms with Crippen LogP contribution in [0.5, 0.6) is 0 Å². The molecule has 0 spiro atoms. The molecule has 0 bridgehead atoms. The van der Waals surface area contributed by atoms with E-state index in [4.69, 9.17) is 0 Å². The van der Waals surface area contributed by atoms with E-state index >= 15 is 0 Å². The molecule has 2 heterocycles. The number of nitrogens with one attached hydrogen (secondary N) is 2. The van der Waals surface area contributed by atoms with Crippen molar-refractivity contribution in [2.45, 2.75) is 31.4 Å². The maximum absolute atomic E-state index is 9.64. The molecular formula is C10H13N5O. The third-order valence-electron chi connectivity index (χ3n) is 2.96. The fourth-order valence-corrected chi connectivity index (χ4v) is 2.18. The number of fused-ring (bicyclic) bond motifs is 1. The van der Waals surface area contributed by atoms with Crippen molar-refractivity contribution in [1.29, 1.82) is 0 Å². The number of nitrogens with zero attached hydrogens (tertiary/aromatic N) is 3. The molecule has 3 N–H and O–H groups in total. The first-order valence-corrected chi connectivity index (χ1v) is 5.27. The summed E-state index contributed by atoms with van der Waals surface area (Å²) in [5, 5.41) is 20.5. The smallest absolute Gasteiger partial charge is 0.160 e. The maximum Gasteiger partial charge on any atom is 0.160 e. The molecule has 1 aliphatic rings. The number of anilines is 1. The fraction of sp³-hybridized carbons (Fsp3) is 0.500. The molecule has 84 valence electrons. The van der Waals surface area contributed by atoms with Crippen molar-refractivity contribution in [3.8, 4) is 0 Å². The van der Waals surface area contributed by atoms with Gasteiger partial charge in [0.1, 0.15) is 12.1 Å². The number of hydrogen-bond donors (Lipinski definition) is 3. The number of rotatable bonds is 2. The van der Waals surface area contributed by atoms with Gasteiger partial charge in [-0.3, -0.25) is 5.10 Å². The van der Waals surface area contributed by atoms with Gasteiger partial charge < -0.3 is 10.4 Å². The second kappa shape index (κ2) is 3.15. The summed E-state index contributed by atoms with van der Waals surface area (Å²) in [4.78, 5) is 8.25. The van der Waals surface area contributed by atoms with Crippen LogP contribution in [0.15, 0.2) is 12.5 Å². The molecule has 2 aromatic rings. The van der Waals surface area contributed by atoms with Gasteiger partial charge in [0.05, 0.1) is 17.2 Å². The van der Waals surface area contributed by atoms with Crippen LogP contribution in [0, 0.1) is 0 Å². The van der Waals surface area contributed by atoms with E-state index < -0.39 is 5.60 Å². The van der Waals surface area contributed by atoms with Gasteiger partial charge in [0.25, 0.3) is 0 Å². The van der Waals surface area contributed by atoms with E-state index in [0.717, 1.165) is 29.7 Å². The van der Waals surface area contributed by atoms with Crippen LogP contribution in [0.4, 0.5) is 5.82 Å². The third-order valence-corrected chi connectivity index (χ3v) is 2.96. The standard InChI is InChI=1S/C10H13N5O/c1-10(16)2-6(3-10)14-8-7-4-13-15-9(7)12-5-11-8/h4-6,16H,2-3H2,1H3,(H2,11,12,13,14,15). The van der Waals surface area contributed by atoms with E-state index in [1.165, 1.54) is 6.33 Å². The van der Waals surface area contributed by atoms with Crippen LogP contribution in [-0.2, 0) is 0 Å². The van der Waals surface area contributed by atoms with Gasteiger partial charge >= 0.3 is 0 Å². The molecule has 0 aliphatic heterocycles. The molecular weight excluding hydrogens is 206 g/mol. The normalized spacial score (nSPS) is 29.0. The Kier molecular flexibility index (Phi) is 1.88. The van der Waals surface area contributed by atoms with E-state index in [9.17, 15) is 5.11 Å². The Labute approximate surface area is 92.1 Å². The fourth-order valence-electron chi connectivity index (χ4n) is 2.18. The molecule has 6 heteroatoms. The molecule has 6 nitrogen and oxygen atoms in total. The first kappa shape index (κ1) is 9.53. The Balaban J connectivity index is 1.82. The number of aliphatic hydroxyl groups is 1. The highest BCUT2D eigenvalue weighted by molar-refractivity contribution is 5.85. The van der Waals surface area contributed by atoms with Crippen molar-refractivity contribution < 1.29 is 5.11 Å². The SMILES string of the molecule is CC1(O)CC(Nc2ncnc3[nH]ncc23)C1. The van der Waals surface area contributed by atoms with Crippen molar-refractivity contribution >= 4 is 16.9 Å². The zero-order valence-corrected chi connectivity index (χ0v) is 8.94. The van der Waals surface area contributed by atoms with Gasteiger partial charge in [-0.2, -0.15) is 5.10 Å². The molecule has 0 saturated heterocycles. The van der Waals surface area contributed by atoms with Gasteiger partial charge in [-0.1, -0.05) is 0 Å². The van der Waals surface area contributed by atoms with Gasteiger partial charge in [-0.05, 0) is 19.8 Å². The summed E-state index contributed by atoms with van der Waals surface area (Å²) in [6.45, 7) is 1.85. The Morgan fingerprint density at radius 2 is 2.31 bits per heavy atom. The summed E-state index contributed by atoms with van der Waals surface area (Å²) in [5.74, 6) is 0.777. The monoisotopic (exact) mass is 219 g/mol. The first-order valence-electron chi connectivity index (χ1n) is 5.27. The van der Waals surface area contributed by atoms with E-state index in [-0.39, 0.29) is 6.04 Å². The molecule has 2 aromatic heterocycles. The van der Waals surface area contributed by atoms with Crippen molar-refractivity contribution in [2.75, 3.05) is 5.32 Å². The molecule has 1 saturated carbocycles. The average molecular weight is 219 g/mol. The summed E-state index contributed by atoms with van der Waals surface area (Å²) >= 11 is 0. The van der Waals surface area contributed by atoms with Gasteiger partial charge in [0.2, 0.25) is 0 Å². The largest absolute Gasteiger partial charge is 0.390 e. The second-order valence-corrected chi connectivity index (χ2v) is 4.60. The zero-order chi connectivity index (χ0) is 11.2. The summed E-state index contributed by atoms with van der Waals surface area (Å²) in [5.41, 5.74) is 0.198. The van der Waals surface area contributed by atoms with Crippen LogP contribution in [0.1, 0.15) is 19.8 Å². The molecule has 0 atom stereocenters. The number of H-pyrrole nitrogens is 1. The van der Waals surface area contributed by atoms with Crippen molar-refractivity contribution in [2.24, 2.45) is 0 Å². The van der Waals surface area contributed by atoms with E-state index in [1.807, 2.05) is 6.92 Å². The minimum Gasteiger partial charge on any atom is -0.390 e. The lowest BCUT2D eigenvalue weighted by Gasteiger charge is -2.41. The minimum atomic E-state index is -0.528. The molecule has 0 unspecified atom stereocenters. The number of aromatic amines is 1. The van der Waals surface area contributed by atoms with Crippen LogP contribution >= 0.6 is 0 Å². The number of aromatic nitrogens is 4. The maximum atomic E-state index is 9.64. The summed E-state index contributed by atoms with van der Waals surface area (Å²) < 4.78 is 0. The van der Waals surface area contributed by atoms with Crippen LogP contribution in [0.2, 0.25) is 0 Å². The summed E-state index contributed by atoms with van der Waals surface area (Å²) in [6.07, 6.45) is 4.70. The molecule has 0 amide bonds. The van der Waals surface area contributed by atoms with Gasteiger partial charge in [0.15, 0.2) is 5.65 Å². The number of hydrogen-bond acceptors (Lipinski definition) is 5. The topological polar surface area (TPSA) is 86.7 Å². The van der Waals surface area contributed by atoms with Crippen LogP contribution in [0.3, 0.4) is 0 Å². The van der Waals surface area contributed by atoms with Crippen LogP contribution in [-0.4, -0.2) is 36.9 Å². The van der Waals surface area contributed by atoms with Gasteiger partial charge in [0, 0.05) is 6.04 Å².